The summed E-state index contributed by atoms with van der Waals surface area (Å²) in [4.78, 5) is 14.4. The van der Waals surface area contributed by atoms with Crippen LogP contribution in [-0.4, -0.2) is 60.1 Å². The van der Waals surface area contributed by atoms with Crippen LogP contribution in [0.2, 0.25) is 0 Å². The molecule has 0 spiro atoms. The van der Waals surface area contributed by atoms with Crippen molar-refractivity contribution < 1.29 is 18.7 Å². The molecule has 0 aliphatic carbocycles. The maximum atomic E-state index is 13.5. The van der Waals surface area contributed by atoms with Crippen LogP contribution < -0.4 is 16.1 Å². The van der Waals surface area contributed by atoms with Gasteiger partial charge in [0.05, 0.1) is 24.7 Å². The normalized spacial score (nSPS) is 30.3. The molecule has 0 aromatic heterocycles. The summed E-state index contributed by atoms with van der Waals surface area (Å²) < 4.78 is 26.9. The molecule has 5 atom stereocenters. The van der Waals surface area contributed by atoms with Crippen molar-refractivity contribution in [3.8, 4) is 0 Å². The van der Waals surface area contributed by atoms with E-state index in [4.69, 9.17) is 0 Å². The Balaban J connectivity index is 1.85. The smallest absolute Gasteiger partial charge is 0.270 e. The minimum atomic E-state index is -2.89. The third kappa shape index (κ3) is 3.83. The molecular weight excluding hydrogens is 356 g/mol. The maximum Gasteiger partial charge on any atom is 0.270 e. The molecule has 2 saturated heterocycles. The highest BCUT2D eigenvalue weighted by Gasteiger charge is 2.51. The van der Waals surface area contributed by atoms with Gasteiger partial charge in [-0.1, -0.05) is 24.3 Å². The van der Waals surface area contributed by atoms with Gasteiger partial charge in [-0.25, -0.2) is 19.2 Å². The fraction of sp³-hybridized carbons (Fsp3) is 0.611. The Morgan fingerprint density at radius 1 is 1.30 bits per heavy atom. The number of alkyl halides is 2. The molecule has 2 aliphatic heterocycles. The van der Waals surface area contributed by atoms with Crippen LogP contribution >= 0.6 is 0 Å². The third-order valence-electron chi connectivity index (χ3n) is 5.33. The Morgan fingerprint density at radius 2 is 1.93 bits per heavy atom. The first-order chi connectivity index (χ1) is 12.6. The molecule has 2 aliphatic rings. The molecule has 3 rings (SSSR count). The predicted octanol–water partition coefficient (Wildman–Crippen LogP) is 0.547. The first-order valence-corrected chi connectivity index (χ1v) is 9.00. The summed E-state index contributed by atoms with van der Waals surface area (Å²) in [5, 5.41) is 17.9. The Hall–Kier alpha value is -1.65. The van der Waals surface area contributed by atoms with E-state index in [0.717, 1.165) is 12.5 Å². The molecule has 1 aromatic carbocycles. The Kier molecular flexibility index (Phi) is 5.51. The summed E-state index contributed by atoms with van der Waals surface area (Å²) in [6.45, 7) is 2.62. The van der Waals surface area contributed by atoms with Crippen molar-refractivity contribution in [1.29, 1.82) is 0 Å². The number of fused-ring (bicyclic) bond motifs is 1. The third-order valence-corrected chi connectivity index (χ3v) is 5.33. The molecule has 5 unspecified atom stereocenters. The number of hydrazine groups is 1. The summed E-state index contributed by atoms with van der Waals surface area (Å²) in [6, 6.07) is 5.57. The number of rotatable bonds is 5. The van der Waals surface area contributed by atoms with Gasteiger partial charge in [0.15, 0.2) is 0 Å². The number of nitrogens with zero attached hydrogens (tertiary/aromatic N) is 2. The van der Waals surface area contributed by atoms with Crippen LogP contribution in [-0.2, 0) is 10.7 Å². The average Bonchev–Trinajstić information content (AvgIpc) is 2.99. The fourth-order valence-electron chi connectivity index (χ4n) is 3.69. The molecule has 7 nitrogen and oxygen atoms in total. The highest BCUT2D eigenvalue weighted by molar-refractivity contribution is 5.81. The number of carbonyl (C=O) groups is 1. The first kappa shape index (κ1) is 20.1. The van der Waals surface area contributed by atoms with E-state index >= 15 is 0 Å². The van der Waals surface area contributed by atoms with Gasteiger partial charge in [-0.05, 0) is 26.6 Å². The lowest BCUT2D eigenvalue weighted by molar-refractivity contribution is -0.133. The van der Waals surface area contributed by atoms with E-state index in [-0.39, 0.29) is 36.6 Å². The van der Waals surface area contributed by atoms with Gasteiger partial charge < -0.3 is 10.4 Å². The van der Waals surface area contributed by atoms with Crippen molar-refractivity contribution in [3.63, 3.8) is 0 Å². The average molecular weight is 383 g/mol. The zero-order valence-electron chi connectivity index (χ0n) is 15.9. The number of hydrogen-bond acceptors (Lipinski definition) is 6. The molecule has 27 heavy (non-hydrogen) atoms. The quantitative estimate of drug-likeness (QED) is 0.595. The predicted molar refractivity (Wildman–Crippen MR) is 96.3 cm³/mol. The van der Waals surface area contributed by atoms with E-state index in [1.54, 1.807) is 12.1 Å². The topological polar surface area (TPSA) is 79.9 Å². The van der Waals surface area contributed by atoms with Crippen molar-refractivity contribution in [2.75, 3.05) is 20.7 Å². The highest BCUT2D eigenvalue weighted by Crippen LogP contribution is 2.33. The molecule has 1 aromatic rings. The number of halogens is 2. The van der Waals surface area contributed by atoms with Gasteiger partial charge in [0.2, 0.25) is 5.91 Å². The van der Waals surface area contributed by atoms with Gasteiger partial charge >= 0.3 is 0 Å². The molecule has 150 valence electrons. The van der Waals surface area contributed by atoms with Gasteiger partial charge in [0, 0.05) is 18.5 Å². The fourth-order valence-corrected chi connectivity index (χ4v) is 3.69. The molecule has 4 N–H and O–H groups in total. The number of benzene rings is 1. The summed E-state index contributed by atoms with van der Waals surface area (Å²) in [7, 11) is 3.70. The second-order valence-corrected chi connectivity index (χ2v) is 7.52. The second kappa shape index (κ2) is 7.40. The monoisotopic (exact) mass is 383 g/mol. The summed E-state index contributed by atoms with van der Waals surface area (Å²) in [5.74, 6) is -3.49. The molecule has 0 radical (unpaired) electrons. The standard InChI is InChI=1S/C18H27F2N5O2/c1-10(11-5-7-12(8-6-11)18(2,19)20)25-15-14(13(9-26)23-25)16(27)22-17(21-15)24(3)4/h5-8,10,13-15,17,21,23,26H,9H2,1-4H3,(H,22,27). The van der Waals surface area contributed by atoms with Crippen LogP contribution in [0, 0.1) is 5.92 Å². The van der Waals surface area contributed by atoms with E-state index < -0.39 is 17.9 Å². The lowest BCUT2D eigenvalue weighted by Gasteiger charge is -2.41. The summed E-state index contributed by atoms with van der Waals surface area (Å²) >= 11 is 0. The second-order valence-electron chi connectivity index (χ2n) is 7.52. The van der Waals surface area contributed by atoms with E-state index in [0.29, 0.717) is 0 Å². The lowest BCUT2D eigenvalue weighted by atomic mass is 9.95. The number of aliphatic hydroxyl groups is 1. The van der Waals surface area contributed by atoms with Gasteiger partial charge in [0.1, 0.15) is 6.29 Å². The number of aliphatic hydroxyl groups excluding tert-OH is 1. The van der Waals surface area contributed by atoms with E-state index in [9.17, 15) is 18.7 Å². The minimum Gasteiger partial charge on any atom is -0.395 e. The molecule has 9 heteroatoms. The van der Waals surface area contributed by atoms with E-state index in [2.05, 4.69) is 16.1 Å². The highest BCUT2D eigenvalue weighted by atomic mass is 19.3. The van der Waals surface area contributed by atoms with Gasteiger partial charge in [-0.3, -0.25) is 15.0 Å². The first-order valence-electron chi connectivity index (χ1n) is 9.00. The molecule has 2 heterocycles. The Labute approximate surface area is 157 Å². The van der Waals surface area contributed by atoms with Crippen LogP contribution in [0.3, 0.4) is 0 Å². The molecule has 0 saturated carbocycles. The molecule has 2 fully saturated rings. The number of nitrogens with one attached hydrogen (secondary N) is 3. The lowest BCUT2D eigenvalue weighted by Crippen LogP contribution is -2.68. The summed E-state index contributed by atoms with van der Waals surface area (Å²) in [5.41, 5.74) is 4.00. The van der Waals surface area contributed by atoms with Crippen molar-refractivity contribution in [2.24, 2.45) is 5.92 Å². The van der Waals surface area contributed by atoms with Crippen molar-refractivity contribution >= 4 is 5.91 Å². The zero-order chi connectivity index (χ0) is 19.9. The van der Waals surface area contributed by atoms with Gasteiger partial charge in [-0.15, -0.1) is 0 Å². The van der Waals surface area contributed by atoms with Crippen molar-refractivity contribution in [3.05, 3.63) is 35.4 Å². The van der Waals surface area contributed by atoms with Gasteiger partial charge in [-0.2, -0.15) is 0 Å². The summed E-state index contributed by atoms with van der Waals surface area (Å²) in [6.07, 6.45) is -0.681. The van der Waals surface area contributed by atoms with Crippen LogP contribution in [0.5, 0.6) is 0 Å². The largest absolute Gasteiger partial charge is 0.395 e. The molecular formula is C18H27F2N5O2. The van der Waals surface area contributed by atoms with E-state index in [1.165, 1.54) is 12.1 Å². The Morgan fingerprint density at radius 3 is 2.44 bits per heavy atom. The SMILES string of the molecule is CC(c1ccc(C(C)(F)F)cc1)N1NC(CO)C2C(=O)NC(N(C)C)NC21. The van der Waals surface area contributed by atoms with Crippen molar-refractivity contribution in [1.82, 2.24) is 26.0 Å². The Bertz CT molecular complexity index is 679. The van der Waals surface area contributed by atoms with Crippen LogP contribution in [0.1, 0.15) is 31.0 Å². The minimum absolute atomic E-state index is 0.0400. The van der Waals surface area contributed by atoms with Crippen LogP contribution in [0.15, 0.2) is 24.3 Å². The number of hydrogen-bond donors (Lipinski definition) is 4. The van der Waals surface area contributed by atoms with Crippen LogP contribution in [0.25, 0.3) is 0 Å². The molecule has 0 bridgehead atoms. The molecule has 1 amide bonds. The number of carbonyl (C=O) groups excluding carboxylic acids is 1. The van der Waals surface area contributed by atoms with Gasteiger partial charge in [0.25, 0.3) is 5.92 Å². The van der Waals surface area contributed by atoms with E-state index in [1.807, 2.05) is 30.9 Å². The van der Waals surface area contributed by atoms with Crippen LogP contribution in [0.4, 0.5) is 8.78 Å². The maximum absolute atomic E-state index is 13.5. The number of amides is 1. The van der Waals surface area contributed by atoms with Crippen molar-refractivity contribution in [2.45, 2.75) is 44.3 Å². The zero-order valence-corrected chi connectivity index (χ0v) is 15.9.